The van der Waals surface area contributed by atoms with Crippen molar-refractivity contribution < 1.29 is 29.0 Å². The Balaban J connectivity index is 1.91. The van der Waals surface area contributed by atoms with E-state index in [4.69, 9.17) is 9.47 Å². The standard InChI is InChI=1S/C28H33NO6S/c1-5-6-8-23-14-15-25(29(23)18-21-10-12-22(13-11-21)26(31)32)35-27(33)28(4,19(2)34-20(3)30)17-24-9-7-16-36-24/h7,9-16,19H,5-6,8,17-18H2,1-4H3,(H,31,32). The van der Waals surface area contributed by atoms with Gasteiger partial charge in [0.15, 0.2) is 0 Å². The molecule has 0 amide bonds. The van der Waals surface area contributed by atoms with E-state index in [-0.39, 0.29) is 5.56 Å². The maximum atomic E-state index is 13.6. The van der Waals surface area contributed by atoms with Crippen LogP contribution in [0, 0.1) is 5.41 Å². The second-order valence-corrected chi connectivity index (χ2v) is 10.2. The van der Waals surface area contributed by atoms with Gasteiger partial charge in [0.05, 0.1) is 12.1 Å². The number of hydrogen-bond donors (Lipinski definition) is 1. The Morgan fingerprint density at radius 3 is 2.42 bits per heavy atom. The van der Waals surface area contributed by atoms with Crippen LogP contribution < -0.4 is 4.74 Å². The molecular weight excluding hydrogens is 478 g/mol. The first-order valence-electron chi connectivity index (χ1n) is 12.1. The summed E-state index contributed by atoms with van der Waals surface area (Å²) in [6.07, 6.45) is 2.49. The van der Waals surface area contributed by atoms with E-state index in [2.05, 4.69) is 6.92 Å². The van der Waals surface area contributed by atoms with Crippen molar-refractivity contribution in [2.45, 2.75) is 66.0 Å². The van der Waals surface area contributed by atoms with Gasteiger partial charge in [0.2, 0.25) is 5.88 Å². The molecule has 7 nitrogen and oxygen atoms in total. The molecule has 0 aliphatic carbocycles. The van der Waals surface area contributed by atoms with Gasteiger partial charge in [0, 0.05) is 30.0 Å². The molecule has 0 radical (unpaired) electrons. The zero-order chi connectivity index (χ0) is 26.3. The Labute approximate surface area is 215 Å². The van der Waals surface area contributed by atoms with Crippen molar-refractivity contribution in [3.63, 3.8) is 0 Å². The van der Waals surface area contributed by atoms with Gasteiger partial charge in [-0.2, -0.15) is 0 Å². The number of carboxylic acids is 1. The highest BCUT2D eigenvalue weighted by Gasteiger charge is 2.43. The molecule has 8 heteroatoms. The van der Waals surface area contributed by atoms with Crippen molar-refractivity contribution in [2.24, 2.45) is 5.41 Å². The van der Waals surface area contributed by atoms with Crippen LogP contribution in [0.4, 0.5) is 0 Å². The van der Waals surface area contributed by atoms with Crippen LogP contribution in [-0.2, 0) is 33.7 Å². The Kier molecular flexibility index (Phi) is 9.09. The molecule has 0 spiro atoms. The number of aromatic nitrogens is 1. The van der Waals surface area contributed by atoms with E-state index in [1.165, 1.54) is 18.3 Å². The van der Waals surface area contributed by atoms with Crippen LogP contribution in [0.25, 0.3) is 0 Å². The fourth-order valence-electron chi connectivity index (χ4n) is 4.02. The SMILES string of the molecule is CCCCc1ccc(OC(=O)C(C)(Cc2cccs2)C(C)OC(C)=O)n1Cc1ccc(C(=O)O)cc1. The summed E-state index contributed by atoms with van der Waals surface area (Å²) in [7, 11) is 0. The largest absolute Gasteiger partial charge is 0.478 e. The minimum Gasteiger partial charge on any atom is -0.478 e. The quantitative estimate of drug-likeness (QED) is 0.311. The summed E-state index contributed by atoms with van der Waals surface area (Å²) in [5.74, 6) is -1.51. The van der Waals surface area contributed by atoms with Crippen molar-refractivity contribution in [2.75, 3.05) is 0 Å². The van der Waals surface area contributed by atoms with E-state index in [0.717, 1.165) is 35.4 Å². The van der Waals surface area contributed by atoms with Gasteiger partial charge in [0.1, 0.15) is 11.5 Å². The van der Waals surface area contributed by atoms with E-state index in [9.17, 15) is 19.5 Å². The van der Waals surface area contributed by atoms with Crippen LogP contribution in [0.15, 0.2) is 53.9 Å². The monoisotopic (exact) mass is 511 g/mol. The highest BCUT2D eigenvalue weighted by molar-refractivity contribution is 7.09. The number of aryl methyl sites for hydroxylation is 1. The second-order valence-electron chi connectivity index (χ2n) is 9.17. The summed E-state index contributed by atoms with van der Waals surface area (Å²) >= 11 is 1.54. The molecule has 0 saturated carbocycles. The van der Waals surface area contributed by atoms with Crippen LogP contribution in [0.1, 0.15) is 67.0 Å². The molecule has 3 aromatic rings. The fourth-order valence-corrected chi connectivity index (χ4v) is 4.89. The van der Waals surface area contributed by atoms with Gasteiger partial charge in [-0.15, -0.1) is 11.3 Å². The summed E-state index contributed by atoms with van der Waals surface area (Å²) in [5, 5.41) is 11.1. The van der Waals surface area contributed by atoms with Crippen LogP contribution in [0.5, 0.6) is 5.88 Å². The van der Waals surface area contributed by atoms with Gasteiger partial charge in [0.25, 0.3) is 0 Å². The van der Waals surface area contributed by atoms with E-state index >= 15 is 0 Å². The van der Waals surface area contributed by atoms with Crippen LogP contribution in [-0.4, -0.2) is 33.7 Å². The number of carboxylic acid groups (broad SMARTS) is 1. The summed E-state index contributed by atoms with van der Waals surface area (Å²) in [5.41, 5.74) is 1.03. The lowest BCUT2D eigenvalue weighted by molar-refractivity contribution is -0.163. The summed E-state index contributed by atoms with van der Waals surface area (Å²) in [6.45, 7) is 7.35. The van der Waals surface area contributed by atoms with Gasteiger partial charge >= 0.3 is 17.9 Å². The average molecular weight is 512 g/mol. The smallest absolute Gasteiger partial charge is 0.335 e. The Bertz CT molecular complexity index is 1180. The average Bonchev–Trinajstić information content (AvgIpc) is 3.47. The molecule has 0 aliphatic rings. The number of unbranched alkanes of at least 4 members (excludes halogenated alkanes) is 1. The topological polar surface area (TPSA) is 94.8 Å². The predicted molar refractivity (Wildman–Crippen MR) is 139 cm³/mol. The fraction of sp³-hybridized carbons (Fsp3) is 0.393. The minimum absolute atomic E-state index is 0.216. The number of carbonyl (C=O) groups excluding carboxylic acids is 2. The first kappa shape index (κ1) is 27.2. The first-order chi connectivity index (χ1) is 17.1. The number of ether oxygens (including phenoxy) is 2. The molecule has 1 aromatic carbocycles. The first-order valence-corrected chi connectivity index (χ1v) is 12.9. The molecule has 1 N–H and O–H groups in total. The molecule has 2 unspecified atom stereocenters. The normalized spacial score (nSPS) is 13.6. The van der Waals surface area contributed by atoms with E-state index in [1.807, 2.05) is 28.1 Å². The zero-order valence-electron chi connectivity index (χ0n) is 21.2. The number of nitrogens with zero attached hydrogens (tertiary/aromatic N) is 1. The third-order valence-electron chi connectivity index (χ3n) is 6.38. The number of benzene rings is 1. The van der Waals surface area contributed by atoms with Crippen molar-refractivity contribution in [3.05, 3.63) is 75.6 Å². The molecule has 192 valence electrons. The number of carbonyl (C=O) groups is 3. The van der Waals surface area contributed by atoms with Crippen molar-refractivity contribution in [1.29, 1.82) is 0 Å². The maximum absolute atomic E-state index is 13.6. The molecule has 0 aliphatic heterocycles. The third-order valence-corrected chi connectivity index (χ3v) is 7.26. The lowest BCUT2D eigenvalue weighted by Crippen LogP contribution is -2.45. The van der Waals surface area contributed by atoms with Crippen LogP contribution in [0.3, 0.4) is 0 Å². The number of esters is 2. The Hall–Kier alpha value is -3.39. The number of aromatic carboxylic acids is 1. The van der Waals surface area contributed by atoms with E-state index in [0.29, 0.717) is 18.8 Å². The van der Waals surface area contributed by atoms with Gasteiger partial charge in [-0.1, -0.05) is 31.5 Å². The van der Waals surface area contributed by atoms with E-state index < -0.39 is 29.4 Å². The zero-order valence-corrected chi connectivity index (χ0v) is 22.0. The number of thiophene rings is 1. The van der Waals surface area contributed by atoms with Gasteiger partial charge in [-0.25, -0.2) is 4.79 Å². The molecule has 0 fully saturated rings. The molecule has 2 heterocycles. The molecule has 2 atom stereocenters. The lowest BCUT2D eigenvalue weighted by Gasteiger charge is -2.32. The van der Waals surface area contributed by atoms with Gasteiger partial charge < -0.3 is 19.1 Å². The third kappa shape index (κ3) is 6.63. The van der Waals surface area contributed by atoms with Gasteiger partial charge in [-0.3, -0.25) is 9.59 Å². The Morgan fingerprint density at radius 1 is 1.11 bits per heavy atom. The highest BCUT2D eigenvalue weighted by Crippen LogP contribution is 2.34. The molecular formula is C28H33NO6S. The molecule has 2 aromatic heterocycles. The Morgan fingerprint density at radius 2 is 1.83 bits per heavy atom. The van der Waals surface area contributed by atoms with Crippen molar-refractivity contribution in [3.8, 4) is 5.88 Å². The van der Waals surface area contributed by atoms with Gasteiger partial charge in [-0.05, 0) is 61.9 Å². The lowest BCUT2D eigenvalue weighted by atomic mass is 9.81. The minimum atomic E-state index is -1.10. The second kappa shape index (κ2) is 12.0. The predicted octanol–water partition coefficient (Wildman–Crippen LogP) is 5.74. The number of hydrogen-bond acceptors (Lipinski definition) is 6. The highest BCUT2D eigenvalue weighted by atomic mass is 32.1. The van der Waals surface area contributed by atoms with Crippen LogP contribution >= 0.6 is 11.3 Å². The van der Waals surface area contributed by atoms with Crippen molar-refractivity contribution in [1.82, 2.24) is 4.57 Å². The van der Waals surface area contributed by atoms with Crippen molar-refractivity contribution >= 4 is 29.2 Å². The maximum Gasteiger partial charge on any atom is 0.335 e. The molecule has 0 saturated heterocycles. The summed E-state index contributed by atoms with van der Waals surface area (Å²) in [4.78, 5) is 37.5. The van der Waals surface area contributed by atoms with Crippen LogP contribution in [0.2, 0.25) is 0 Å². The number of rotatable bonds is 12. The molecule has 0 bridgehead atoms. The molecule has 36 heavy (non-hydrogen) atoms. The molecule has 3 rings (SSSR count). The van der Waals surface area contributed by atoms with E-state index in [1.54, 1.807) is 44.2 Å². The summed E-state index contributed by atoms with van der Waals surface area (Å²) in [6, 6.07) is 14.3. The summed E-state index contributed by atoms with van der Waals surface area (Å²) < 4.78 is 13.4.